The minimum atomic E-state index is -3.79. The van der Waals surface area contributed by atoms with Crippen LogP contribution in [0.5, 0.6) is 0 Å². The predicted octanol–water partition coefficient (Wildman–Crippen LogP) is 1.96. The van der Waals surface area contributed by atoms with E-state index in [4.69, 9.17) is 0 Å². The molecule has 0 bridgehead atoms. The molecule has 1 fully saturated rings. The first kappa shape index (κ1) is 17.8. The van der Waals surface area contributed by atoms with Crippen molar-refractivity contribution in [2.24, 2.45) is 5.41 Å². The quantitative estimate of drug-likeness (QED) is 0.630. The molecule has 128 valence electrons. The van der Waals surface area contributed by atoms with E-state index in [9.17, 15) is 18.5 Å². The predicted molar refractivity (Wildman–Crippen MR) is 87.8 cm³/mol. The van der Waals surface area contributed by atoms with Crippen LogP contribution >= 0.6 is 0 Å². The third kappa shape index (κ3) is 3.88. The first-order chi connectivity index (χ1) is 10.6. The van der Waals surface area contributed by atoms with Gasteiger partial charge < -0.3 is 5.32 Å². The number of hydrogen-bond acceptors (Lipinski definition) is 5. The van der Waals surface area contributed by atoms with Gasteiger partial charge in [0, 0.05) is 24.2 Å². The zero-order valence-corrected chi connectivity index (χ0v) is 14.4. The summed E-state index contributed by atoms with van der Waals surface area (Å²) in [6.45, 7) is 6.80. The molecule has 1 aliphatic rings. The molecule has 1 aliphatic heterocycles. The number of nitrogens with one attached hydrogen (secondary N) is 2. The van der Waals surface area contributed by atoms with Crippen molar-refractivity contribution in [1.82, 2.24) is 10.0 Å². The van der Waals surface area contributed by atoms with E-state index < -0.39 is 14.9 Å². The van der Waals surface area contributed by atoms with Crippen LogP contribution in [0.2, 0.25) is 0 Å². The molecule has 0 radical (unpaired) electrons. The first-order valence-electron chi connectivity index (χ1n) is 7.62. The Morgan fingerprint density at radius 3 is 2.74 bits per heavy atom. The Balaban J connectivity index is 2.20. The Kier molecular flexibility index (Phi) is 5.07. The largest absolute Gasteiger partial charge is 0.312 e. The lowest BCUT2D eigenvalue weighted by atomic mass is 9.78. The van der Waals surface area contributed by atoms with Gasteiger partial charge in [-0.25, -0.2) is 13.1 Å². The topological polar surface area (TPSA) is 101 Å². The van der Waals surface area contributed by atoms with Gasteiger partial charge in [-0.1, -0.05) is 19.9 Å². The molecule has 0 spiro atoms. The number of piperidine rings is 1. The number of benzene rings is 1. The van der Waals surface area contributed by atoms with Gasteiger partial charge in [0.05, 0.1) is 9.82 Å². The van der Waals surface area contributed by atoms with Gasteiger partial charge in [0.15, 0.2) is 0 Å². The second-order valence-corrected chi connectivity index (χ2v) is 8.34. The SMILES string of the molecule is Cc1c([N+](=O)[O-])cccc1S(=O)(=O)NCC1NCCCC1(C)C. The van der Waals surface area contributed by atoms with Gasteiger partial charge in [-0.3, -0.25) is 10.1 Å². The average Bonchev–Trinajstić information content (AvgIpc) is 2.45. The summed E-state index contributed by atoms with van der Waals surface area (Å²) in [5.41, 5.74) is -0.0387. The summed E-state index contributed by atoms with van der Waals surface area (Å²) in [6, 6.07) is 4.12. The maximum atomic E-state index is 12.5. The smallest absolute Gasteiger partial charge is 0.273 e. The van der Waals surface area contributed by atoms with Crippen molar-refractivity contribution in [3.05, 3.63) is 33.9 Å². The molecule has 0 aromatic heterocycles. The van der Waals surface area contributed by atoms with Crippen LogP contribution < -0.4 is 10.0 Å². The average molecular weight is 341 g/mol. The maximum absolute atomic E-state index is 12.5. The number of hydrogen-bond donors (Lipinski definition) is 2. The Morgan fingerprint density at radius 1 is 1.43 bits per heavy atom. The van der Waals surface area contributed by atoms with Gasteiger partial charge in [-0.15, -0.1) is 0 Å². The third-order valence-corrected chi connectivity index (χ3v) is 6.12. The van der Waals surface area contributed by atoms with Crippen LogP contribution in [0.25, 0.3) is 0 Å². The molecule has 1 unspecified atom stereocenters. The van der Waals surface area contributed by atoms with E-state index in [1.807, 2.05) is 0 Å². The first-order valence-corrected chi connectivity index (χ1v) is 9.10. The monoisotopic (exact) mass is 341 g/mol. The second-order valence-electron chi connectivity index (χ2n) is 6.61. The molecule has 7 nitrogen and oxygen atoms in total. The summed E-state index contributed by atoms with van der Waals surface area (Å²) < 4.78 is 27.6. The van der Waals surface area contributed by atoms with Crippen LogP contribution in [-0.2, 0) is 10.0 Å². The van der Waals surface area contributed by atoms with Crippen molar-refractivity contribution in [3.63, 3.8) is 0 Å². The molecule has 1 heterocycles. The fraction of sp³-hybridized carbons (Fsp3) is 0.600. The Morgan fingerprint density at radius 2 is 2.13 bits per heavy atom. The molecular formula is C15H23N3O4S. The molecule has 23 heavy (non-hydrogen) atoms. The minimum Gasteiger partial charge on any atom is -0.312 e. The van der Waals surface area contributed by atoms with Crippen LogP contribution in [-0.4, -0.2) is 32.5 Å². The van der Waals surface area contributed by atoms with Crippen molar-refractivity contribution in [2.75, 3.05) is 13.1 Å². The minimum absolute atomic E-state index is 0.00149. The second kappa shape index (κ2) is 6.54. The van der Waals surface area contributed by atoms with Gasteiger partial charge in [-0.05, 0) is 37.8 Å². The van der Waals surface area contributed by atoms with Gasteiger partial charge in [0.2, 0.25) is 10.0 Å². The number of rotatable bonds is 5. The Hall–Kier alpha value is -1.51. The van der Waals surface area contributed by atoms with E-state index in [0.717, 1.165) is 19.4 Å². The Bertz CT molecular complexity index is 701. The van der Waals surface area contributed by atoms with Crippen LogP contribution in [0.3, 0.4) is 0 Å². The third-order valence-electron chi connectivity index (χ3n) is 4.55. The van der Waals surface area contributed by atoms with Crippen LogP contribution in [0, 0.1) is 22.5 Å². The zero-order valence-electron chi connectivity index (χ0n) is 13.6. The molecule has 1 atom stereocenters. The molecule has 0 aliphatic carbocycles. The fourth-order valence-electron chi connectivity index (χ4n) is 2.98. The lowest BCUT2D eigenvalue weighted by Crippen LogP contribution is -2.52. The van der Waals surface area contributed by atoms with Crippen LogP contribution in [0.4, 0.5) is 5.69 Å². The van der Waals surface area contributed by atoms with Crippen molar-refractivity contribution in [1.29, 1.82) is 0 Å². The summed E-state index contributed by atoms with van der Waals surface area (Å²) in [6.07, 6.45) is 2.10. The van der Waals surface area contributed by atoms with Crippen LogP contribution in [0.1, 0.15) is 32.3 Å². The van der Waals surface area contributed by atoms with E-state index in [2.05, 4.69) is 23.9 Å². The summed E-state index contributed by atoms with van der Waals surface area (Å²) in [4.78, 5) is 10.4. The lowest BCUT2D eigenvalue weighted by Gasteiger charge is -2.39. The van der Waals surface area contributed by atoms with E-state index in [-0.39, 0.29) is 34.1 Å². The molecule has 1 aromatic rings. The van der Waals surface area contributed by atoms with Gasteiger partial charge in [0.25, 0.3) is 5.69 Å². The van der Waals surface area contributed by atoms with E-state index >= 15 is 0 Å². The number of nitro benzene ring substituents is 1. The van der Waals surface area contributed by atoms with Crippen molar-refractivity contribution >= 4 is 15.7 Å². The molecule has 2 rings (SSSR count). The summed E-state index contributed by atoms with van der Waals surface area (Å²) in [5, 5.41) is 14.3. The molecule has 1 saturated heterocycles. The van der Waals surface area contributed by atoms with Gasteiger partial charge in [0.1, 0.15) is 0 Å². The molecule has 0 saturated carbocycles. The molecule has 8 heteroatoms. The number of sulfonamides is 1. The van der Waals surface area contributed by atoms with Crippen molar-refractivity contribution in [3.8, 4) is 0 Å². The highest BCUT2D eigenvalue weighted by Gasteiger charge is 2.33. The Labute approximate surface area is 136 Å². The van der Waals surface area contributed by atoms with Gasteiger partial charge >= 0.3 is 0 Å². The number of nitrogens with zero attached hydrogens (tertiary/aromatic N) is 1. The van der Waals surface area contributed by atoms with E-state index in [1.54, 1.807) is 0 Å². The fourth-order valence-corrected chi connectivity index (χ4v) is 4.29. The maximum Gasteiger partial charge on any atom is 0.273 e. The highest BCUT2D eigenvalue weighted by molar-refractivity contribution is 7.89. The molecule has 0 amide bonds. The number of nitro groups is 1. The highest BCUT2D eigenvalue weighted by atomic mass is 32.2. The van der Waals surface area contributed by atoms with E-state index in [1.165, 1.54) is 25.1 Å². The summed E-state index contributed by atoms with van der Waals surface area (Å²) >= 11 is 0. The molecule has 1 aromatic carbocycles. The normalized spacial score (nSPS) is 21.1. The van der Waals surface area contributed by atoms with Crippen molar-refractivity contribution in [2.45, 2.75) is 44.6 Å². The zero-order chi connectivity index (χ0) is 17.3. The summed E-state index contributed by atoms with van der Waals surface area (Å²) in [5.74, 6) is 0. The van der Waals surface area contributed by atoms with Crippen molar-refractivity contribution < 1.29 is 13.3 Å². The standard InChI is InChI=1S/C15H23N3O4S/c1-11-12(18(19)20)6-4-7-13(11)23(21,22)17-10-14-15(2,3)8-5-9-16-14/h4,6-7,14,16-17H,5,8-10H2,1-3H3. The summed E-state index contributed by atoms with van der Waals surface area (Å²) in [7, 11) is -3.79. The van der Waals surface area contributed by atoms with E-state index in [0.29, 0.717) is 0 Å². The molecular weight excluding hydrogens is 318 g/mol. The van der Waals surface area contributed by atoms with Crippen LogP contribution in [0.15, 0.2) is 23.1 Å². The highest BCUT2D eigenvalue weighted by Crippen LogP contribution is 2.30. The molecule has 2 N–H and O–H groups in total. The lowest BCUT2D eigenvalue weighted by molar-refractivity contribution is -0.385. The van der Waals surface area contributed by atoms with Gasteiger partial charge in [-0.2, -0.15) is 0 Å².